The van der Waals surface area contributed by atoms with E-state index in [1.54, 1.807) is 7.11 Å². The Kier molecular flexibility index (Phi) is 6.37. The van der Waals surface area contributed by atoms with Crippen molar-refractivity contribution in [3.63, 3.8) is 0 Å². The highest BCUT2D eigenvalue weighted by Crippen LogP contribution is 2.17. The number of hydrogen-bond acceptors (Lipinski definition) is 4. The molecule has 1 rings (SSSR count). The van der Waals surface area contributed by atoms with E-state index in [9.17, 15) is 9.90 Å². The van der Waals surface area contributed by atoms with Crippen molar-refractivity contribution in [3.05, 3.63) is 0 Å². The van der Waals surface area contributed by atoms with Crippen molar-refractivity contribution < 1.29 is 14.6 Å². The molecule has 1 fully saturated rings. The maximum absolute atomic E-state index is 11.5. The first-order valence-corrected chi connectivity index (χ1v) is 5.91. The van der Waals surface area contributed by atoms with Crippen molar-refractivity contribution in [2.45, 2.75) is 37.8 Å². The highest BCUT2D eigenvalue weighted by atomic mass is 16.5. The fraction of sp³-hybridized carbons (Fsp3) is 0.909. The normalized spacial score (nSPS) is 25.4. The summed E-state index contributed by atoms with van der Waals surface area (Å²) in [6.07, 6.45) is 3.43. The molecule has 2 atom stereocenters. The SMILES string of the molecule is COCCNCC(=O)N[C@H]1CCCC[C@@H]1O. The summed E-state index contributed by atoms with van der Waals surface area (Å²) in [5.41, 5.74) is 0. The van der Waals surface area contributed by atoms with Crippen LogP contribution in [0, 0.1) is 0 Å². The summed E-state index contributed by atoms with van der Waals surface area (Å²) in [7, 11) is 1.63. The number of nitrogens with one attached hydrogen (secondary N) is 2. The summed E-state index contributed by atoms with van der Waals surface area (Å²) in [5, 5.41) is 15.5. The van der Waals surface area contributed by atoms with E-state index in [0.717, 1.165) is 25.7 Å². The van der Waals surface area contributed by atoms with E-state index in [1.165, 1.54) is 0 Å². The van der Waals surface area contributed by atoms with Crippen LogP contribution in [0.15, 0.2) is 0 Å². The Morgan fingerprint density at radius 2 is 2.19 bits per heavy atom. The Balaban J connectivity index is 2.12. The van der Waals surface area contributed by atoms with Crippen LogP contribution in [-0.2, 0) is 9.53 Å². The smallest absolute Gasteiger partial charge is 0.234 e. The van der Waals surface area contributed by atoms with Gasteiger partial charge in [-0.15, -0.1) is 0 Å². The molecule has 5 heteroatoms. The minimum absolute atomic E-state index is 0.0537. The standard InChI is InChI=1S/C11H22N2O3/c1-16-7-6-12-8-11(15)13-9-4-2-3-5-10(9)14/h9-10,12,14H,2-8H2,1H3,(H,13,15)/t9-,10-/m0/s1. The van der Waals surface area contributed by atoms with Gasteiger partial charge in [-0.25, -0.2) is 0 Å². The molecule has 0 spiro atoms. The minimum atomic E-state index is -0.378. The molecule has 1 aliphatic rings. The van der Waals surface area contributed by atoms with Gasteiger partial charge in [-0.05, 0) is 12.8 Å². The monoisotopic (exact) mass is 230 g/mol. The largest absolute Gasteiger partial charge is 0.391 e. The summed E-state index contributed by atoms with van der Waals surface area (Å²) in [6, 6.07) is -0.0644. The van der Waals surface area contributed by atoms with Crippen LogP contribution in [0.4, 0.5) is 0 Å². The number of rotatable bonds is 6. The lowest BCUT2D eigenvalue weighted by molar-refractivity contribution is -0.122. The summed E-state index contributed by atoms with van der Waals surface area (Å²) in [6.45, 7) is 1.54. The molecule has 16 heavy (non-hydrogen) atoms. The Bertz CT molecular complexity index is 211. The van der Waals surface area contributed by atoms with Gasteiger partial charge in [0.15, 0.2) is 0 Å². The van der Waals surface area contributed by atoms with Crippen LogP contribution in [0.2, 0.25) is 0 Å². The maximum atomic E-state index is 11.5. The van der Waals surface area contributed by atoms with Crippen LogP contribution in [-0.4, -0.2) is 50.0 Å². The molecule has 0 unspecified atom stereocenters. The molecule has 5 nitrogen and oxygen atoms in total. The molecule has 1 aliphatic carbocycles. The van der Waals surface area contributed by atoms with E-state index >= 15 is 0 Å². The molecule has 1 amide bonds. The van der Waals surface area contributed by atoms with Gasteiger partial charge in [0.1, 0.15) is 0 Å². The van der Waals surface area contributed by atoms with Gasteiger partial charge in [0.25, 0.3) is 0 Å². The lowest BCUT2D eigenvalue weighted by Gasteiger charge is -2.28. The van der Waals surface area contributed by atoms with Crippen molar-refractivity contribution in [3.8, 4) is 0 Å². The summed E-state index contributed by atoms with van der Waals surface area (Å²) < 4.78 is 4.86. The van der Waals surface area contributed by atoms with Gasteiger partial charge in [0.2, 0.25) is 5.91 Å². The number of carbonyl (C=O) groups excluding carboxylic acids is 1. The first-order chi connectivity index (χ1) is 7.74. The zero-order chi connectivity index (χ0) is 11.8. The molecule has 0 heterocycles. The predicted octanol–water partition coefficient (Wildman–Crippen LogP) is -0.358. The fourth-order valence-corrected chi connectivity index (χ4v) is 1.91. The first kappa shape index (κ1) is 13.4. The maximum Gasteiger partial charge on any atom is 0.234 e. The number of aliphatic hydroxyl groups excluding tert-OH is 1. The van der Waals surface area contributed by atoms with Crippen LogP contribution >= 0.6 is 0 Å². The predicted molar refractivity (Wildman–Crippen MR) is 61.2 cm³/mol. The second-order valence-electron chi connectivity index (χ2n) is 4.20. The van der Waals surface area contributed by atoms with Crippen LogP contribution < -0.4 is 10.6 Å². The van der Waals surface area contributed by atoms with Gasteiger partial charge in [0.05, 0.1) is 25.3 Å². The topological polar surface area (TPSA) is 70.6 Å². The van der Waals surface area contributed by atoms with Crippen molar-refractivity contribution >= 4 is 5.91 Å². The Hall–Kier alpha value is -0.650. The van der Waals surface area contributed by atoms with Gasteiger partial charge < -0.3 is 20.5 Å². The van der Waals surface area contributed by atoms with Gasteiger partial charge in [-0.2, -0.15) is 0 Å². The first-order valence-electron chi connectivity index (χ1n) is 5.91. The molecule has 0 aromatic heterocycles. The molecule has 0 radical (unpaired) electrons. The van der Waals surface area contributed by atoms with Crippen LogP contribution in [0.25, 0.3) is 0 Å². The average Bonchev–Trinajstić information content (AvgIpc) is 2.28. The van der Waals surface area contributed by atoms with Gasteiger partial charge in [-0.1, -0.05) is 12.8 Å². The van der Waals surface area contributed by atoms with E-state index in [4.69, 9.17) is 4.74 Å². The van der Waals surface area contributed by atoms with E-state index in [2.05, 4.69) is 10.6 Å². The molecule has 3 N–H and O–H groups in total. The number of hydrogen-bond donors (Lipinski definition) is 3. The number of carbonyl (C=O) groups is 1. The summed E-state index contributed by atoms with van der Waals surface area (Å²) in [5.74, 6) is -0.0537. The quantitative estimate of drug-likeness (QED) is 0.545. The molecule has 0 bridgehead atoms. The van der Waals surface area contributed by atoms with E-state index < -0.39 is 0 Å². The number of aliphatic hydroxyl groups is 1. The highest BCUT2D eigenvalue weighted by molar-refractivity contribution is 5.78. The second kappa shape index (κ2) is 7.60. The third kappa shape index (κ3) is 4.92. The lowest BCUT2D eigenvalue weighted by Crippen LogP contribution is -2.48. The van der Waals surface area contributed by atoms with Gasteiger partial charge in [-0.3, -0.25) is 4.79 Å². The molecule has 0 aromatic rings. The highest BCUT2D eigenvalue weighted by Gasteiger charge is 2.23. The van der Waals surface area contributed by atoms with Crippen LogP contribution in [0.1, 0.15) is 25.7 Å². The van der Waals surface area contributed by atoms with Crippen molar-refractivity contribution in [1.29, 1.82) is 0 Å². The number of methoxy groups -OCH3 is 1. The Morgan fingerprint density at radius 1 is 1.44 bits per heavy atom. The minimum Gasteiger partial charge on any atom is -0.391 e. The number of amides is 1. The van der Waals surface area contributed by atoms with Crippen LogP contribution in [0.5, 0.6) is 0 Å². The van der Waals surface area contributed by atoms with Crippen molar-refractivity contribution in [1.82, 2.24) is 10.6 Å². The molecule has 0 saturated heterocycles. The summed E-state index contributed by atoms with van der Waals surface area (Å²) in [4.78, 5) is 11.5. The zero-order valence-corrected chi connectivity index (χ0v) is 9.87. The lowest BCUT2D eigenvalue weighted by atomic mass is 9.92. The van der Waals surface area contributed by atoms with E-state index in [1.807, 2.05) is 0 Å². The third-order valence-corrected chi connectivity index (χ3v) is 2.84. The van der Waals surface area contributed by atoms with Gasteiger partial charge in [0, 0.05) is 13.7 Å². The third-order valence-electron chi connectivity index (χ3n) is 2.84. The average molecular weight is 230 g/mol. The molecule has 1 saturated carbocycles. The molecule has 0 aliphatic heterocycles. The van der Waals surface area contributed by atoms with Crippen molar-refractivity contribution in [2.24, 2.45) is 0 Å². The van der Waals surface area contributed by atoms with Gasteiger partial charge >= 0.3 is 0 Å². The van der Waals surface area contributed by atoms with E-state index in [-0.39, 0.29) is 24.6 Å². The van der Waals surface area contributed by atoms with Crippen molar-refractivity contribution in [2.75, 3.05) is 26.8 Å². The number of ether oxygens (including phenoxy) is 1. The Labute approximate surface area is 96.6 Å². The van der Waals surface area contributed by atoms with Crippen LogP contribution in [0.3, 0.4) is 0 Å². The summed E-state index contributed by atoms with van der Waals surface area (Å²) >= 11 is 0. The molecular weight excluding hydrogens is 208 g/mol. The molecule has 94 valence electrons. The fourth-order valence-electron chi connectivity index (χ4n) is 1.91. The van der Waals surface area contributed by atoms with E-state index in [0.29, 0.717) is 13.2 Å². The molecular formula is C11H22N2O3. The Morgan fingerprint density at radius 3 is 2.88 bits per heavy atom. The zero-order valence-electron chi connectivity index (χ0n) is 9.87. The second-order valence-corrected chi connectivity index (χ2v) is 4.20. The molecule has 0 aromatic carbocycles.